The minimum atomic E-state index is -0.478. The Morgan fingerprint density at radius 1 is 1.11 bits per heavy atom. The van der Waals surface area contributed by atoms with E-state index in [1.807, 2.05) is 43.8 Å². The minimum absolute atomic E-state index is 0.0449. The number of fused-ring (bicyclic) bond motifs is 1. The predicted octanol–water partition coefficient (Wildman–Crippen LogP) is 6.11. The van der Waals surface area contributed by atoms with Gasteiger partial charge in [-0.3, -0.25) is 4.79 Å². The van der Waals surface area contributed by atoms with E-state index in [4.69, 9.17) is 9.72 Å². The number of nitrogens with zero attached hydrogens (tertiary/aromatic N) is 5. The van der Waals surface area contributed by atoms with Crippen LogP contribution in [-0.4, -0.2) is 44.4 Å². The molecule has 0 radical (unpaired) electrons. The van der Waals surface area contributed by atoms with Crippen molar-refractivity contribution in [1.82, 2.24) is 19.7 Å². The first-order chi connectivity index (χ1) is 18.2. The van der Waals surface area contributed by atoms with E-state index in [0.29, 0.717) is 12.3 Å². The maximum absolute atomic E-state index is 12.4. The van der Waals surface area contributed by atoms with Gasteiger partial charge in [0.2, 0.25) is 0 Å². The van der Waals surface area contributed by atoms with Gasteiger partial charge < -0.3 is 9.64 Å². The normalized spacial score (nSPS) is 16.6. The van der Waals surface area contributed by atoms with Gasteiger partial charge >= 0.3 is 5.97 Å². The van der Waals surface area contributed by atoms with Gasteiger partial charge in [0, 0.05) is 42.8 Å². The van der Waals surface area contributed by atoms with Crippen LogP contribution in [-0.2, 0) is 16.0 Å². The Hall–Kier alpha value is -3.74. The maximum atomic E-state index is 12.4. The molecule has 0 bridgehead atoms. The molecular weight excluding hydrogens is 474 g/mol. The fourth-order valence-electron chi connectivity index (χ4n) is 5.23. The Balaban J connectivity index is 1.28. The molecule has 4 heterocycles. The molecule has 4 aromatic rings. The summed E-state index contributed by atoms with van der Waals surface area (Å²) < 4.78 is 7.48. The number of pyridine rings is 2. The molecule has 1 unspecified atom stereocenters. The van der Waals surface area contributed by atoms with Crippen molar-refractivity contribution in [3.8, 4) is 5.69 Å². The lowest BCUT2D eigenvalue weighted by Gasteiger charge is -2.24. The molecule has 198 valence electrons. The number of hydrogen-bond donors (Lipinski definition) is 0. The molecule has 0 N–H and O–H groups in total. The van der Waals surface area contributed by atoms with Gasteiger partial charge in [-0.15, -0.1) is 0 Å². The molecule has 0 amide bonds. The van der Waals surface area contributed by atoms with Crippen LogP contribution in [0.2, 0.25) is 0 Å². The monoisotopic (exact) mass is 511 g/mol. The van der Waals surface area contributed by atoms with Gasteiger partial charge in [0.25, 0.3) is 0 Å². The Bertz CT molecular complexity index is 1390. The third kappa shape index (κ3) is 6.21. The molecule has 0 aliphatic carbocycles. The molecule has 38 heavy (non-hydrogen) atoms. The van der Waals surface area contributed by atoms with Crippen LogP contribution < -0.4 is 4.90 Å². The zero-order chi connectivity index (χ0) is 26.7. The summed E-state index contributed by atoms with van der Waals surface area (Å²) in [6, 6.07) is 16.7. The molecule has 1 aromatic carbocycles. The van der Waals surface area contributed by atoms with E-state index in [0.717, 1.165) is 60.3 Å². The Labute approximate surface area is 224 Å². The molecule has 5 rings (SSSR count). The number of esters is 1. The van der Waals surface area contributed by atoms with Crippen molar-refractivity contribution in [2.45, 2.75) is 64.9 Å². The predicted molar refractivity (Wildman–Crippen MR) is 151 cm³/mol. The first-order valence-electron chi connectivity index (χ1n) is 13.6. The Morgan fingerprint density at radius 3 is 2.76 bits per heavy atom. The molecule has 0 saturated carbocycles. The SMILES string of the molecule is CC(CC(=O)OC(C)(C)C)c1ccc(N2CC[C@@H](CCc3ccc4cccnc4n3)C2)c(-n2cccn2)c1. The first kappa shape index (κ1) is 25.9. The highest BCUT2D eigenvalue weighted by Crippen LogP contribution is 2.34. The second-order valence-electron chi connectivity index (χ2n) is 11.4. The lowest BCUT2D eigenvalue weighted by atomic mass is 9.96. The maximum Gasteiger partial charge on any atom is 0.306 e. The molecule has 3 aromatic heterocycles. The molecule has 0 spiro atoms. The van der Waals surface area contributed by atoms with Crippen LogP contribution >= 0.6 is 0 Å². The van der Waals surface area contributed by atoms with Crippen molar-refractivity contribution < 1.29 is 9.53 Å². The van der Waals surface area contributed by atoms with E-state index < -0.39 is 5.60 Å². The van der Waals surface area contributed by atoms with Gasteiger partial charge in [0.15, 0.2) is 5.65 Å². The molecule has 1 fully saturated rings. The van der Waals surface area contributed by atoms with Gasteiger partial charge in [-0.25, -0.2) is 14.6 Å². The van der Waals surface area contributed by atoms with E-state index in [1.165, 1.54) is 5.69 Å². The minimum Gasteiger partial charge on any atom is -0.460 e. The zero-order valence-corrected chi connectivity index (χ0v) is 22.8. The highest BCUT2D eigenvalue weighted by molar-refractivity contribution is 5.74. The smallest absolute Gasteiger partial charge is 0.306 e. The van der Waals surface area contributed by atoms with Crippen LogP contribution in [0.4, 0.5) is 5.69 Å². The molecule has 1 aliphatic heterocycles. The summed E-state index contributed by atoms with van der Waals surface area (Å²) in [5.41, 5.74) is 4.79. The van der Waals surface area contributed by atoms with Gasteiger partial charge in [0.05, 0.1) is 17.8 Å². The first-order valence-corrected chi connectivity index (χ1v) is 13.6. The number of carbonyl (C=O) groups is 1. The summed E-state index contributed by atoms with van der Waals surface area (Å²) in [7, 11) is 0. The standard InChI is InChI=1S/C31H37N5O2/c1-22(19-29(37)38-31(2,3)4)25-10-13-27(28(20-25)36-17-6-16-33-36)35-18-14-23(21-35)8-11-26-12-9-24-7-5-15-32-30(24)34-26/h5-7,9-10,12-13,15-17,20,22-23H,8,11,14,18-19,21H2,1-4H3/t22?,23-/m1/s1. The van der Waals surface area contributed by atoms with Crippen molar-refractivity contribution in [2.75, 3.05) is 18.0 Å². The third-order valence-corrected chi connectivity index (χ3v) is 7.17. The van der Waals surface area contributed by atoms with E-state index >= 15 is 0 Å². The second kappa shape index (κ2) is 10.9. The average molecular weight is 512 g/mol. The van der Waals surface area contributed by atoms with Crippen molar-refractivity contribution in [2.24, 2.45) is 5.92 Å². The van der Waals surface area contributed by atoms with Crippen LogP contribution in [0.15, 0.2) is 67.1 Å². The van der Waals surface area contributed by atoms with Crippen molar-refractivity contribution in [3.05, 3.63) is 78.4 Å². The fourth-order valence-corrected chi connectivity index (χ4v) is 5.23. The molecular formula is C31H37N5O2. The van der Waals surface area contributed by atoms with E-state index in [1.54, 1.807) is 12.4 Å². The van der Waals surface area contributed by atoms with Gasteiger partial charge in [-0.1, -0.05) is 13.0 Å². The van der Waals surface area contributed by atoms with Crippen LogP contribution in [0.25, 0.3) is 16.7 Å². The number of aryl methyl sites for hydroxylation is 1. The average Bonchev–Trinajstić information content (AvgIpc) is 3.58. The summed E-state index contributed by atoms with van der Waals surface area (Å²) >= 11 is 0. The number of benzene rings is 1. The quantitative estimate of drug-likeness (QED) is 0.266. The molecule has 7 nitrogen and oxygen atoms in total. The van der Waals surface area contributed by atoms with E-state index in [-0.39, 0.29) is 11.9 Å². The van der Waals surface area contributed by atoms with Crippen LogP contribution in [0, 0.1) is 5.92 Å². The fraction of sp³-hybridized carbons (Fsp3) is 0.419. The van der Waals surface area contributed by atoms with E-state index in [9.17, 15) is 4.79 Å². The Morgan fingerprint density at radius 2 is 1.97 bits per heavy atom. The summed E-state index contributed by atoms with van der Waals surface area (Å²) in [4.78, 5) is 24.1. The van der Waals surface area contributed by atoms with Crippen LogP contribution in [0.3, 0.4) is 0 Å². The lowest BCUT2D eigenvalue weighted by Crippen LogP contribution is -2.24. The largest absolute Gasteiger partial charge is 0.460 e. The summed E-state index contributed by atoms with van der Waals surface area (Å²) in [5, 5.41) is 5.61. The topological polar surface area (TPSA) is 73.1 Å². The van der Waals surface area contributed by atoms with Crippen LogP contribution in [0.5, 0.6) is 0 Å². The number of hydrogen-bond acceptors (Lipinski definition) is 6. The highest BCUT2D eigenvalue weighted by Gasteiger charge is 2.26. The number of aromatic nitrogens is 4. The number of ether oxygens (including phenoxy) is 1. The van der Waals surface area contributed by atoms with Crippen molar-refractivity contribution in [1.29, 1.82) is 0 Å². The highest BCUT2D eigenvalue weighted by atomic mass is 16.6. The van der Waals surface area contributed by atoms with Crippen molar-refractivity contribution in [3.63, 3.8) is 0 Å². The lowest BCUT2D eigenvalue weighted by molar-refractivity contribution is -0.155. The number of anilines is 1. The van der Waals surface area contributed by atoms with E-state index in [2.05, 4.69) is 58.3 Å². The van der Waals surface area contributed by atoms with Gasteiger partial charge in [-0.2, -0.15) is 5.10 Å². The molecule has 2 atom stereocenters. The molecule has 1 aliphatic rings. The summed E-state index contributed by atoms with van der Waals surface area (Å²) in [5.74, 6) is 0.477. The molecule has 7 heteroatoms. The van der Waals surface area contributed by atoms with Gasteiger partial charge in [-0.05, 0) is 99.9 Å². The second-order valence-corrected chi connectivity index (χ2v) is 11.4. The number of rotatable bonds is 8. The van der Waals surface area contributed by atoms with Gasteiger partial charge in [0.1, 0.15) is 5.60 Å². The molecule has 1 saturated heterocycles. The summed E-state index contributed by atoms with van der Waals surface area (Å²) in [6.45, 7) is 9.80. The number of carbonyl (C=O) groups excluding carboxylic acids is 1. The summed E-state index contributed by atoms with van der Waals surface area (Å²) in [6.07, 6.45) is 9.14. The third-order valence-electron chi connectivity index (χ3n) is 7.17. The zero-order valence-electron chi connectivity index (χ0n) is 22.8. The Kier molecular flexibility index (Phi) is 7.45. The van der Waals surface area contributed by atoms with Crippen LogP contribution in [0.1, 0.15) is 64.1 Å². The van der Waals surface area contributed by atoms with Crippen molar-refractivity contribution >= 4 is 22.7 Å².